The van der Waals surface area contributed by atoms with E-state index in [0.717, 1.165) is 16.9 Å². The molecule has 0 aliphatic rings. The first-order valence-electron chi connectivity index (χ1n) is 11.0. The molecule has 3 aromatic heterocycles. The van der Waals surface area contributed by atoms with Gasteiger partial charge in [0.2, 0.25) is 0 Å². The van der Waals surface area contributed by atoms with Gasteiger partial charge in [0.05, 0.1) is 23.1 Å². The van der Waals surface area contributed by atoms with Crippen molar-refractivity contribution >= 4 is 33.8 Å². The van der Waals surface area contributed by atoms with Gasteiger partial charge in [-0.05, 0) is 47.0 Å². The summed E-state index contributed by atoms with van der Waals surface area (Å²) < 4.78 is 1.60. The van der Waals surface area contributed by atoms with Crippen LogP contribution in [0.4, 0.5) is 0 Å². The first kappa shape index (κ1) is 21.2. The predicted octanol–water partition coefficient (Wildman–Crippen LogP) is 5.27. The van der Waals surface area contributed by atoms with Gasteiger partial charge in [0, 0.05) is 4.88 Å². The third kappa shape index (κ3) is 3.85. The highest BCUT2D eigenvalue weighted by Crippen LogP contribution is 2.29. The van der Waals surface area contributed by atoms with E-state index >= 15 is 0 Å². The number of thiophene rings is 1. The van der Waals surface area contributed by atoms with Crippen LogP contribution in [0.2, 0.25) is 0 Å². The lowest BCUT2D eigenvalue weighted by atomic mass is 9.95. The van der Waals surface area contributed by atoms with E-state index in [1.807, 2.05) is 29.6 Å². The molecule has 1 amide bonds. The Hall–Kier alpha value is -3.71. The molecule has 2 N–H and O–H groups in total. The first-order chi connectivity index (χ1) is 16.1. The normalized spacial score (nSPS) is 13.3. The average molecular weight is 457 g/mol. The zero-order valence-corrected chi connectivity index (χ0v) is 19.2. The highest BCUT2D eigenvalue weighted by molar-refractivity contribution is 7.10. The average Bonchev–Trinajstić information content (AvgIpc) is 3.53. The Balaban J connectivity index is 1.52. The molecule has 2 atom stereocenters. The van der Waals surface area contributed by atoms with Crippen LogP contribution in [-0.4, -0.2) is 20.5 Å². The van der Waals surface area contributed by atoms with E-state index in [9.17, 15) is 9.59 Å². The van der Waals surface area contributed by atoms with Gasteiger partial charge in [-0.15, -0.1) is 11.3 Å². The van der Waals surface area contributed by atoms with Crippen molar-refractivity contribution in [3.8, 4) is 0 Å². The van der Waals surface area contributed by atoms with Crippen molar-refractivity contribution in [3.63, 3.8) is 0 Å². The van der Waals surface area contributed by atoms with E-state index < -0.39 is 0 Å². The number of carbonyl (C=O) groups is 1. The minimum Gasteiger partial charge on any atom is -0.340 e. The number of amides is 1. The summed E-state index contributed by atoms with van der Waals surface area (Å²) in [5, 5.41) is 10.1. The second-order valence-corrected chi connectivity index (χ2v) is 9.17. The van der Waals surface area contributed by atoms with Crippen LogP contribution in [0.1, 0.15) is 58.6 Å². The lowest BCUT2D eigenvalue weighted by molar-refractivity contribution is 0.0945. The Bertz CT molecular complexity index is 1480. The van der Waals surface area contributed by atoms with Crippen LogP contribution in [0, 0.1) is 0 Å². The number of para-hydroxylation sites is 1. The predicted molar refractivity (Wildman–Crippen MR) is 132 cm³/mol. The molecule has 0 radical (unpaired) electrons. The van der Waals surface area contributed by atoms with Gasteiger partial charge in [-0.1, -0.05) is 56.3 Å². The molecule has 0 bridgehead atoms. The maximum Gasteiger partial charge on any atom is 0.259 e. The van der Waals surface area contributed by atoms with Crippen molar-refractivity contribution in [2.24, 2.45) is 0 Å². The van der Waals surface area contributed by atoms with Crippen LogP contribution in [0.5, 0.6) is 0 Å². The van der Waals surface area contributed by atoms with Gasteiger partial charge in [-0.2, -0.15) is 5.10 Å². The molecule has 2 unspecified atom stereocenters. The molecule has 0 fully saturated rings. The smallest absolute Gasteiger partial charge is 0.259 e. The molecule has 5 aromatic rings. The number of rotatable bonds is 6. The lowest BCUT2D eigenvalue weighted by Crippen LogP contribution is -2.29. The van der Waals surface area contributed by atoms with Gasteiger partial charge in [0.15, 0.2) is 0 Å². The van der Waals surface area contributed by atoms with E-state index in [2.05, 4.69) is 53.5 Å². The van der Waals surface area contributed by atoms with Gasteiger partial charge in [0.1, 0.15) is 11.2 Å². The Labute approximate surface area is 194 Å². The molecule has 0 aliphatic carbocycles. The quantitative estimate of drug-likeness (QED) is 0.365. The molecule has 6 nitrogen and oxygen atoms in total. The Morgan fingerprint density at radius 3 is 2.58 bits per heavy atom. The van der Waals surface area contributed by atoms with Crippen molar-refractivity contribution in [1.82, 2.24) is 19.9 Å². The van der Waals surface area contributed by atoms with E-state index in [4.69, 9.17) is 0 Å². The minimum absolute atomic E-state index is 0.247. The molecular weight excluding hydrogens is 432 g/mol. The highest BCUT2D eigenvalue weighted by atomic mass is 32.1. The second-order valence-electron chi connectivity index (χ2n) is 8.19. The Morgan fingerprint density at radius 2 is 1.85 bits per heavy atom. The number of hydrogen-bond acceptors (Lipinski definition) is 4. The zero-order valence-electron chi connectivity index (χ0n) is 18.4. The summed E-state index contributed by atoms with van der Waals surface area (Å²) in [6, 6.07) is 19.3. The van der Waals surface area contributed by atoms with Crippen LogP contribution < -0.4 is 10.9 Å². The summed E-state index contributed by atoms with van der Waals surface area (Å²) in [6.45, 7) is 4.39. The van der Waals surface area contributed by atoms with Crippen molar-refractivity contribution in [2.75, 3.05) is 0 Å². The van der Waals surface area contributed by atoms with Crippen LogP contribution in [0.3, 0.4) is 0 Å². The number of nitrogens with zero attached hydrogens (tertiary/aromatic N) is 2. The monoisotopic (exact) mass is 456 g/mol. The molecule has 0 saturated heterocycles. The summed E-state index contributed by atoms with van der Waals surface area (Å²) in [5.74, 6) is 0.194. The molecule has 33 heavy (non-hydrogen) atoms. The molecule has 0 spiro atoms. The maximum atomic E-state index is 13.4. The van der Waals surface area contributed by atoms with Gasteiger partial charge in [-0.3, -0.25) is 9.59 Å². The number of benzene rings is 2. The standard InChI is InChI=1S/C26H24N4O2S/c1-3-16(2)17-10-12-18(13-11-17)23(22-9-6-14-33-22)28-26(32)20-15-27-30-21-8-5-4-7-19(21)25(31)29-24(20)30/h4-16,23H,3H2,1-2H3,(H,28,32)(H,29,31). The van der Waals surface area contributed by atoms with Gasteiger partial charge < -0.3 is 10.3 Å². The number of nitrogens with one attached hydrogen (secondary N) is 2. The summed E-state index contributed by atoms with van der Waals surface area (Å²) in [5.41, 5.74) is 3.41. The molecule has 0 saturated carbocycles. The van der Waals surface area contributed by atoms with E-state index in [1.54, 1.807) is 28.0 Å². The van der Waals surface area contributed by atoms with Gasteiger partial charge in [0.25, 0.3) is 11.5 Å². The lowest BCUT2D eigenvalue weighted by Gasteiger charge is -2.19. The van der Waals surface area contributed by atoms with Crippen LogP contribution in [-0.2, 0) is 0 Å². The van der Waals surface area contributed by atoms with Crippen LogP contribution in [0.15, 0.2) is 77.0 Å². The zero-order chi connectivity index (χ0) is 22.9. The summed E-state index contributed by atoms with van der Waals surface area (Å²) in [7, 11) is 0. The Morgan fingerprint density at radius 1 is 1.09 bits per heavy atom. The molecule has 5 rings (SSSR count). The summed E-state index contributed by atoms with van der Waals surface area (Å²) >= 11 is 1.59. The molecule has 0 aliphatic heterocycles. The number of H-pyrrole nitrogens is 1. The summed E-state index contributed by atoms with van der Waals surface area (Å²) in [6.07, 6.45) is 2.58. The number of aromatic nitrogens is 3. The van der Waals surface area contributed by atoms with E-state index in [0.29, 0.717) is 28.0 Å². The van der Waals surface area contributed by atoms with Crippen LogP contribution in [0.25, 0.3) is 16.6 Å². The third-order valence-electron chi connectivity index (χ3n) is 6.18. The van der Waals surface area contributed by atoms with Crippen molar-refractivity contribution in [3.05, 3.63) is 104 Å². The van der Waals surface area contributed by atoms with E-state index in [-0.39, 0.29) is 17.5 Å². The molecule has 2 aromatic carbocycles. The van der Waals surface area contributed by atoms with Gasteiger partial charge >= 0.3 is 0 Å². The number of carbonyl (C=O) groups excluding carboxylic acids is 1. The topological polar surface area (TPSA) is 79.3 Å². The summed E-state index contributed by atoms with van der Waals surface area (Å²) in [4.78, 5) is 29.8. The fourth-order valence-corrected chi connectivity index (χ4v) is 4.88. The van der Waals surface area contributed by atoms with E-state index in [1.165, 1.54) is 11.8 Å². The highest BCUT2D eigenvalue weighted by Gasteiger charge is 2.22. The van der Waals surface area contributed by atoms with Crippen molar-refractivity contribution < 1.29 is 4.79 Å². The van der Waals surface area contributed by atoms with Crippen molar-refractivity contribution in [1.29, 1.82) is 0 Å². The largest absolute Gasteiger partial charge is 0.340 e. The minimum atomic E-state index is -0.300. The second kappa shape index (κ2) is 8.67. The van der Waals surface area contributed by atoms with Crippen LogP contribution >= 0.6 is 11.3 Å². The number of hydrogen-bond donors (Lipinski definition) is 2. The SMILES string of the molecule is CCC(C)c1ccc(C(NC(=O)c2cnn3c2[nH]c(=O)c2ccccc23)c2cccs2)cc1. The molecule has 3 heterocycles. The number of aromatic amines is 1. The molecular formula is C26H24N4O2S. The molecule has 166 valence electrons. The molecule has 7 heteroatoms. The fourth-order valence-electron chi connectivity index (χ4n) is 4.08. The Kier molecular flexibility index (Phi) is 5.56. The fraction of sp³-hybridized carbons (Fsp3) is 0.192. The van der Waals surface area contributed by atoms with Gasteiger partial charge in [-0.25, -0.2) is 4.52 Å². The first-order valence-corrected chi connectivity index (χ1v) is 11.9. The maximum absolute atomic E-state index is 13.4. The third-order valence-corrected chi connectivity index (χ3v) is 7.11. The number of fused-ring (bicyclic) bond motifs is 3. The van der Waals surface area contributed by atoms with Crippen molar-refractivity contribution in [2.45, 2.75) is 32.2 Å².